The van der Waals surface area contributed by atoms with E-state index in [4.69, 9.17) is 0 Å². The summed E-state index contributed by atoms with van der Waals surface area (Å²) < 4.78 is 23.0. The number of sulfone groups is 1. The third-order valence-electron chi connectivity index (χ3n) is 2.97. The Labute approximate surface area is 93.0 Å². The smallest absolute Gasteiger partial charge is 0.151 e. The van der Waals surface area contributed by atoms with Crippen molar-refractivity contribution < 1.29 is 8.42 Å². The normalized spacial score (nSPS) is 27.5. The van der Waals surface area contributed by atoms with Gasteiger partial charge in [0.05, 0.1) is 5.25 Å². The van der Waals surface area contributed by atoms with E-state index in [-0.39, 0.29) is 11.3 Å². The standard InChI is InChI=1S/C10H22N2O2S/c1-12(2)8-7-11-9-5-4-6-10(9)15(3,13)14/h9-11H,4-8H2,1-3H3. The molecule has 0 heterocycles. The quantitative estimate of drug-likeness (QED) is 0.733. The Hall–Kier alpha value is -0.130. The summed E-state index contributed by atoms with van der Waals surface area (Å²) in [5, 5.41) is 3.18. The highest BCUT2D eigenvalue weighted by atomic mass is 32.2. The molecule has 0 radical (unpaired) electrons. The van der Waals surface area contributed by atoms with Crippen LogP contribution < -0.4 is 5.32 Å². The molecule has 2 unspecified atom stereocenters. The Morgan fingerprint density at radius 1 is 1.33 bits per heavy atom. The summed E-state index contributed by atoms with van der Waals surface area (Å²) in [7, 11) is 1.16. The lowest BCUT2D eigenvalue weighted by atomic mass is 10.2. The first kappa shape index (κ1) is 12.9. The van der Waals surface area contributed by atoms with Gasteiger partial charge in [-0.15, -0.1) is 0 Å². The summed E-state index contributed by atoms with van der Waals surface area (Å²) in [5.74, 6) is 0. The Bertz CT molecular complexity index is 288. The molecule has 1 fully saturated rings. The van der Waals surface area contributed by atoms with Crippen molar-refractivity contribution in [2.45, 2.75) is 30.6 Å². The zero-order chi connectivity index (χ0) is 11.5. The fraction of sp³-hybridized carbons (Fsp3) is 1.00. The third-order valence-corrected chi connectivity index (χ3v) is 4.63. The van der Waals surface area contributed by atoms with Crippen LogP contribution in [0.25, 0.3) is 0 Å². The van der Waals surface area contributed by atoms with Crippen molar-refractivity contribution in [3.63, 3.8) is 0 Å². The first-order chi connectivity index (χ1) is 6.91. The van der Waals surface area contributed by atoms with Gasteiger partial charge in [-0.3, -0.25) is 0 Å². The van der Waals surface area contributed by atoms with Gasteiger partial charge >= 0.3 is 0 Å². The second kappa shape index (κ2) is 5.27. The van der Waals surface area contributed by atoms with Crippen molar-refractivity contribution >= 4 is 9.84 Å². The zero-order valence-electron chi connectivity index (χ0n) is 9.86. The van der Waals surface area contributed by atoms with Crippen LogP contribution >= 0.6 is 0 Å². The monoisotopic (exact) mass is 234 g/mol. The Morgan fingerprint density at radius 2 is 2.00 bits per heavy atom. The van der Waals surface area contributed by atoms with Crippen LogP contribution in [-0.4, -0.2) is 58.1 Å². The number of hydrogen-bond acceptors (Lipinski definition) is 4. The first-order valence-corrected chi connectivity index (χ1v) is 7.43. The molecule has 4 nitrogen and oxygen atoms in total. The predicted molar refractivity (Wildman–Crippen MR) is 62.8 cm³/mol. The van der Waals surface area contributed by atoms with Gasteiger partial charge in [-0.25, -0.2) is 8.42 Å². The topological polar surface area (TPSA) is 49.4 Å². The van der Waals surface area contributed by atoms with E-state index in [1.54, 1.807) is 0 Å². The van der Waals surface area contributed by atoms with Crippen molar-refractivity contribution in [3.8, 4) is 0 Å². The fourth-order valence-electron chi connectivity index (χ4n) is 2.15. The van der Waals surface area contributed by atoms with Gasteiger partial charge in [-0.05, 0) is 26.9 Å². The largest absolute Gasteiger partial charge is 0.311 e. The Kier molecular flexibility index (Phi) is 4.55. The minimum Gasteiger partial charge on any atom is -0.311 e. The molecule has 1 saturated carbocycles. The lowest BCUT2D eigenvalue weighted by Gasteiger charge is -2.20. The molecule has 0 aliphatic heterocycles. The Balaban J connectivity index is 2.41. The van der Waals surface area contributed by atoms with E-state index in [2.05, 4.69) is 10.2 Å². The van der Waals surface area contributed by atoms with Crippen LogP contribution in [0.4, 0.5) is 0 Å². The van der Waals surface area contributed by atoms with E-state index in [1.165, 1.54) is 6.26 Å². The van der Waals surface area contributed by atoms with E-state index in [0.29, 0.717) is 0 Å². The highest BCUT2D eigenvalue weighted by Crippen LogP contribution is 2.24. The molecule has 2 atom stereocenters. The molecule has 0 aromatic rings. The highest BCUT2D eigenvalue weighted by Gasteiger charge is 2.34. The van der Waals surface area contributed by atoms with E-state index in [0.717, 1.165) is 32.4 Å². The van der Waals surface area contributed by atoms with Gasteiger partial charge < -0.3 is 10.2 Å². The summed E-state index contributed by atoms with van der Waals surface area (Å²) >= 11 is 0. The predicted octanol–water partition coefficient (Wildman–Crippen LogP) is 0.103. The van der Waals surface area contributed by atoms with Gasteiger partial charge in [-0.1, -0.05) is 6.42 Å². The van der Waals surface area contributed by atoms with Crippen molar-refractivity contribution in [1.82, 2.24) is 10.2 Å². The summed E-state index contributed by atoms with van der Waals surface area (Å²) in [6, 6.07) is 0.167. The van der Waals surface area contributed by atoms with Gasteiger partial charge in [-0.2, -0.15) is 0 Å². The zero-order valence-corrected chi connectivity index (χ0v) is 10.7. The highest BCUT2D eigenvalue weighted by molar-refractivity contribution is 7.91. The molecule has 0 aromatic carbocycles. The molecule has 0 amide bonds. The van der Waals surface area contributed by atoms with Crippen molar-refractivity contribution in [1.29, 1.82) is 0 Å². The number of nitrogens with zero attached hydrogens (tertiary/aromatic N) is 1. The van der Waals surface area contributed by atoms with Gasteiger partial charge in [0, 0.05) is 25.4 Å². The second-order valence-electron chi connectivity index (χ2n) is 4.66. The van der Waals surface area contributed by atoms with Crippen LogP contribution in [0, 0.1) is 0 Å². The van der Waals surface area contributed by atoms with Crippen molar-refractivity contribution in [3.05, 3.63) is 0 Å². The minimum absolute atomic E-state index is 0.167. The van der Waals surface area contributed by atoms with Crippen LogP contribution in [0.2, 0.25) is 0 Å². The van der Waals surface area contributed by atoms with Crippen LogP contribution in [0.15, 0.2) is 0 Å². The van der Waals surface area contributed by atoms with Gasteiger partial charge in [0.2, 0.25) is 0 Å². The molecule has 0 bridgehead atoms. The maximum absolute atomic E-state index is 11.5. The fourth-order valence-corrected chi connectivity index (χ4v) is 3.57. The van der Waals surface area contributed by atoms with Crippen LogP contribution in [-0.2, 0) is 9.84 Å². The summed E-state index contributed by atoms with van der Waals surface area (Å²) in [6.45, 7) is 1.82. The average Bonchev–Trinajstić information content (AvgIpc) is 2.50. The van der Waals surface area contributed by atoms with E-state index >= 15 is 0 Å². The van der Waals surface area contributed by atoms with E-state index in [1.807, 2.05) is 14.1 Å². The molecule has 90 valence electrons. The molecule has 1 rings (SSSR count). The number of hydrogen-bond donors (Lipinski definition) is 1. The molecule has 5 heteroatoms. The van der Waals surface area contributed by atoms with E-state index in [9.17, 15) is 8.42 Å². The summed E-state index contributed by atoms with van der Waals surface area (Å²) in [4.78, 5) is 2.09. The number of nitrogens with one attached hydrogen (secondary N) is 1. The molecule has 0 spiro atoms. The molecular formula is C10H22N2O2S. The first-order valence-electron chi connectivity index (χ1n) is 5.48. The van der Waals surface area contributed by atoms with Gasteiger partial charge in [0.15, 0.2) is 9.84 Å². The lowest BCUT2D eigenvalue weighted by molar-refractivity contribution is 0.383. The third kappa shape index (κ3) is 4.09. The molecule has 15 heavy (non-hydrogen) atoms. The molecule has 0 aromatic heterocycles. The number of likely N-dealkylation sites (N-methyl/N-ethyl adjacent to an activating group) is 1. The maximum atomic E-state index is 11.5. The van der Waals surface area contributed by atoms with Crippen LogP contribution in [0.5, 0.6) is 0 Å². The molecule has 0 saturated heterocycles. The molecule has 1 aliphatic rings. The lowest BCUT2D eigenvalue weighted by Crippen LogP contribution is -2.42. The maximum Gasteiger partial charge on any atom is 0.151 e. The average molecular weight is 234 g/mol. The van der Waals surface area contributed by atoms with Crippen LogP contribution in [0.3, 0.4) is 0 Å². The molecule has 1 aliphatic carbocycles. The SMILES string of the molecule is CN(C)CCNC1CCCC1S(C)(=O)=O. The summed E-state index contributed by atoms with van der Waals surface area (Å²) in [6.07, 6.45) is 4.19. The van der Waals surface area contributed by atoms with Crippen molar-refractivity contribution in [2.75, 3.05) is 33.4 Å². The van der Waals surface area contributed by atoms with Crippen molar-refractivity contribution in [2.24, 2.45) is 0 Å². The summed E-state index contributed by atoms with van der Waals surface area (Å²) in [5.41, 5.74) is 0. The molecular weight excluding hydrogens is 212 g/mol. The van der Waals surface area contributed by atoms with Gasteiger partial charge in [0.25, 0.3) is 0 Å². The van der Waals surface area contributed by atoms with Crippen LogP contribution in [0.1, 0.15) is 19.3 Å². The van der Waals surface area contributed by atoms with E-state index < -0.39 is 9.84 Å². The minimum atomic E-state index is -2.88. The van der Waals surface area contributed by atoms with Gasteiger partial charge in [0.1, 0.15) is 0 Å². The molecule has 1 N–H and O–H groups in total. The second-order valence-corrected chi connectivity index (χ2v) is 6.93. The Morgan fingerprint density at radius 3 is 2.53 bits per heavy atom. The number of rotatable bonds is 5.